The van der Waals surface area contributed by atoms with Crippen LogP contribution in [-0.4, -0.2) is 46.5 Å². The minimum atomic E-state index is -0.137. The predicted octanol–water partition coefficient (Wildman–Crippen LogP) is 2.44. The molecule has 1 unspecified atom stereocenters. The number of pyridine rings is 1. The van der Waals surface area contributed by atoms with Crippen LogP contribution in [0.4, 0.5) is 4.79 Å². The minimum absolute atomic E-state index is 0.104. The SMILES string of the molecule is COCCn1nc(C)c(CNC(=O)N(C)C(C)c2ccccn2)c1C. The van der Waals surface area contributed by atoms with Gasteiger partial charge < -0.3 is 15.0 Å². The molecule has 7 heteroatoms. The summed E-state index contributed by atoms with van der Waals surface area (Å²) in [4.78, 5) is 18.4. The predicted molar refractivity (Wildman–Crippen MR) is 96.2 cm³/mol. The first-order chi connectivity index (χ1) is 12.0. The lowest BCUT2D eigenvalue weighted by Crippen LogP contribution is -2.38. The quantitative estimate of drug-likeness (QED) is 0.836. The average molecular weight is 345 g/mol. The van der Waals surface area contributed by atoms with Gasteiger partial charge in [0.2, 0.25) is 0 Å². The maximum Gasteiger partial charge on any atom is 0.317 e. The maximum atomic E-state index is 12.5. The molecule has 7 nitrogen and oxygen atoms in total. The van der Waals surface area contributed by atoms with E-state index in [9.17, 15) is 4.79 Å². The number of hydrogen-bond donors (Lipinski definition) is 1. The summed E-state index contributed by atoms with van der Waals surface area (Å²) in [6, 6.07) is 5.46. The van der Waals surface area contributed by atoms with Gasteiger partial charge in [0, 0.05) is 38.2 Å². The summed E-state index contributed by atoms with van der Waals surface area (Å²) in [6.45, 7) is 7.69. The number of amides is 2. The third kappa shape index (κ3) is 4.57. The molecule has 0 aliphatic heterocycles. The first kappa shape index (κ1) is 18.9. The number of aromatic nitrogens is 3. The number of ether oxygens (including phenoxy) is 1. The highest BCUT2D eigenvalue weighted by molar-refractivity contribution is 5.74. The third-order valence-electron chi connectivity index (χ3n) is 4.47. The molecule has 2 amide bonds. The first-order valence-electron chi connectivity index (χ1n) is 8.39. The van der Waals surface area contributed by atoms with E-state index in [1.807, 2.05) is 43.7 Å². The van der Waals surface area contributed by atoms with Crippen LogP contribution >= 0.6 is 0 Å². The Kier molecular flexibility index (Phi) is 6.52. The minimum Gasteiger partial charge on any atom is -0.383 e. The summed E-state index contributed by atoms with van der Waals surface area (Å²) >= 11 is 0. The van der Waals surface area contributed by atoms with Crippen LogP contribution in [-0.2, 0) is 17.8 Å². The van der Waals surface area contributed by atoms with Crippen molar-refractivity contribution in [3.63, 3.8) is 0 Å². The molecular weight excluding hydrogens is 318 g/mol. The van der Waals surface area contributed by atoms with E-state index >= 15 is 0 Å². The number of nitrogens with zero attached hydrogens (tertiary/aromatic N) is 4. The first-order valence-corrected chi connectivity index (χ1v) is 8.39. The molecule has 0 aromatic carbocycles. The number of methoxy groups -OCH3 is 1. The lowest BCUT2D eigenvalue weighted by Gasteiger charge is -2.24. The van der Waals surface area contributed by atoms with E-state index in [-0.39, 0.29) is 12.1 Å². The summed E-state index contributed by atoms with van der Waals surface area (Å²) in [5.74, 6) is 0. The lowest BCUT2D eigenvalue weighted by molar-refractivity contribution is 0.182. The van der Waals surface area contributed by atoms with Crippen LogP contribution in [0.1, 0.15) is 35.6 Å². The second-order valence-corrected chi connectivity index (χ2v) is 6.07. The highest BCUT2D eigenvalue weighted by atomic mass is 16.5. The molecular formula is C18H27N5O2. The molecule has 2 heterocycles. The molecule has 0 saturated heterocycles. The molecule has 25 heavy (non-hydrogen) atoms. The number of carbonyl (C=O) groups excluding carboxylic acids is 1. The van der Waals surface area contributed by atoms with Crippen LogP contribution in [0.3, 0.4) is 0 Å². The van der Waals surface area contributed by atoms with Crippen LogP contribution in [0.2, 0.25) is 0 Å². The molecule has 2 aromatic heterocycles. The van der Waals surface area contributed by atoms with Crippen molar-refractivity contribution in [3.05, 3.63) is 47.0 Å². The Labute approximate surface area is 149 Å². The molecule has 0 spiro atoms. The second-order valence-electron chi connectivity index (χ2n) is 6.07. The summed E-state index contributed by atoms with van der Waals surface area (Å²) in [5, 5.41) is 7.49. The fourth-order valence-electron chi connectivity index (χ4n) is 2.67. The Bertz CT molecular complexity index is 699. The number of urea groups is 1. The summed E-state index contributed by atoms with van der Waals surface area (Å²) in [6.07, 6.45) is 1.73. The molecule has 0 saturated carbocycles. The number of rotatable bonds is 7. The van der Waals surface area contributed by atoms with Gasteiger partial charge in [0.25, 0.3) is 0 Å². The van der Waals surface area contributed by atoms with Gasteiger partial charge in [-0.05, 0) is 32.9 Å². The number of hydrogen-bond acceptors (Lipinski definition) is 4. The van der Waals surface area contributed by atoms with E-state index in [4.69, 9.17) is 4.74 Å². The summed E-state index contributed by atoms with van der Waals surface area (Å²) in [5.41, 5.74) is 3.88. The van der Waals surface area contributed by atoms with Gasteiger partial charge in [-0.3, -0.25) is 9.67 Å². The molecule has 2 aromatic rings. The number of aryl methyl sites for hydroxylation is 1. The standard InChI is InChI=1S/C18H27N5O2/c1-13-16(14(2)23(21-13)10-11-25-5)12-20-18(24)22(4)15(3)17-8-6-7-9-19-17/h6-9,15H,10-12H2,1-5H3,(H,20,24). The Morgan fingerprint density at radius 1 is 1.40 bits per heavy atom. The van der Waals surface area contributed by atoms with Gasteiger partial charge in [-0.25, -0.2) is 4.79 Å². The fraction of sp³-hybridized carbons (Fsp3) is 0.500. The number of carbonyl (C=O) groups is 1. The van der Waals surface area contributed by atoms with Gasteiger partial charge >= 0.3 is 6.03 Å². The zero-order valence-corrected chi connectivity index (χ0v) is 15.6. The molecule has 0 bridgehead atoms. The molecule has 2 rings (SSSR count). The highest BCUT2D eigenvalue weighted by Crippen LogP contribution is 2.17. The third-order valence-corrected chi connectivity index (χ3v) is 4.47. The molecule has 1 atom stereocenters. The van der Waals surface area contributed by atoms with E-state index in [1.54, 1.807) is 25.3 Å². The van der Waals surface area contributed by atoms with Crippen LogP contribution in [0, 0.1) is 13.8 Å². The fourth-order valence-corrected chi connectivity index (χ4v) is 2.67. The normalized spacial score (nSPS) is 12.0. The van der Waals surface area contributed by atoms with Gasteiger partial charge in [-0.15, -0.1) is 0 Å². The van der Waals surface area contributed by atoms with Crippen molar-refractivity contribution in [2.24, 2.45) is 0 Å². The smallest absolute Gasteiger partial charge is 0.317 e. The van der Waals surface area contributed by atoms with Crippen molar-refractivity contribution < 1.29 is 9.53 Å². The Hall–Kier alpha value is -2.41. The van der Waals surface area contributed by atoms with Gasteiger partial charge in [-0.1, -0.05) is 6.07 Å². The maximum absolute atomic E-state index is 12.5. The van der Waals surface area contributed by atoms with Crippen molar-refractivity contribution in [2.45, 2.75) is 39.9 Å². The van der Waals surface area contributed by atoms with Crippen molar-refractivity contribution >= 4 is 6.03 Å². The van der Waals surface area contributed by atoms with E-state index in [0.717, 1.165) is 22.6 Å². The lowest BCUT2D eigenvalue weighted by atomic mass is 10.2. The molecule has 0 radical (unpaired) electrons. The molecule has 0 aliphatic carbocycles. The average Bonchev–Trinajstić information content (AvgIpc) is 2.90. The molecule has 136 valence electrons. The Balaban J connectivity index is 1.99. The van der Waals surface area contributed by atoms with Crippen molar-refractivity contribution in [1.82, 2.24) is 25.0 Å². The van der Waals surface area contributed by atoms with E-state index in [1.165, 1.54) is 0 Å². The van der Waals surface area contributed by atoms with Gasteiger partial charge in [0.15, 0.2) is 0 Å². The van der Waals surface area contributed by atoms with E-state index in [2.05, 4.69) is 15.4 Å². The zero-order valence-electron chi connectivity index (χ0n) is 15.6. The van der Waals surface area contributed by atoms with Crippen LogP contribution in [0.15, 0.2) is 24.4 Å². The Morgan fingerprint density at radius 3 is 2.80 bits per heavy atom. The van der Waals surface area contributed by atoms with Crippen molar-refractivity contribution in [3.8, 4) is 0 Å². The van der Waals surface area contributed by atoms with Gasteiger partial charge in [-0.2, -0.15) is 5.10 Å². The van der Waals surface area contributed by atoms with Crippen molar-refractivity contribution in [2.75, 3.05) is 20.8 Å². The molecule has 0 aliphatic rings. The van der Waals surface area contributed by atoms with E-state index < -0.39 is 0 Å². The van der Waals surface area contributed by atoms with Gasteiger partial charge in [0.05, 0.1) is 30.6 Å². The molecule has 0 fully saturated rings. The van der Waals surface area contributed by atoms with Crippen LogP contribution < -0.4 is 5.32 Å². The monoisotopic (exact) mass is 345 g/mol. The largest absolute Gasteiger partial charge is 0.383 e. The van der Waals surface area contributed by atoms with Gasteiger partial charge in [0.1, 0.15) is 0 Å². The van der Waals surface area contributed by atoms with Crippen molar-refractivity contribution in [1.29, 1.82) is 0 Å². The van der Waals surface area contributed by atoms with Crippen LogP contribution in [0.25, 0.3) is 0 Å². The topological polar surface area (TPSA) is 72.3 Å². The second kappa shape index (κ2) is 8.62. The zero-order chi connectivity index (χ0) is 18.4. The molecule has 1 N–H and O–H groups in total. The highest BCUT2D eigenvalue weighted by Gasteiger charge is 2.19. The summed E-state index contributed by atoms with van der Waals surface area (Å²) < 4.78 is 7.02. The van der Waals surface area contributed by atoms with E-state index in [0.29, 0.717) is 19.7 Å². The van der Waals surface area contributed by atoms with Crippen LogP contribution in [0.5, 0.6) is 0 Å². The summed E-state index contributed by atoms with van der Waals surface area (Å²) in [7, 11) is 3.45. The number of nitrogens with one attached hydrogen (secondary N) is 1. The Morgan fingerprint density at radius 2 is 2.16 bits per heavy atom.